The van der Waals surface area contributed by atoms with Crippen LogP contribution in [0.3, 0.4) is 0 Å². The van der Waals surface area contributed by atoms with Crippen LogP contribution in [-0.2, 0) is 21.8 Å². The van der Waals surface area contributed by atoms with E-state index >= 15 is 0 Å². The lowest BCUT2D eigenvalue weighted by Gasteiger charge is -2.31. The van der Waals surface area contributed by atoms with Gasteiger partial charge >= 0.3 is 0 Å². The molecule has 1 aromatic heterocycles. The molecular formula is C12H21N3O3S. The maximum Gasteiger partial charge on any atom is 0.214 e. The van der Waals surface area contributed by atoms with Crippen LogP contribution in [0.2, 0.25) is 0 Å². The fraction of sp³-hybridized carbons (Fsp3) is 0.750. The first-order valence-corrected chi connectivity index (χ1v) is 8.14. The summed E-state index contributed by atoms with van der Waals surface area (Å²) in [4.78, 5) is 4.41. The van der Waals surface area contributed by atoms with E-state index in [1.807, 2.05) is 31.7 Å². The van der Waals surface area contributed by atoms with Gasteiger partial charge in [-0.3, -0.25) is 0 Å². The van der Waals surface area contributed by atoms with E-state index in [1.54, 1.807) is 0 Å². The summed E-state index contributed by atoms with van der Waals surface area (Å²) in [6, 6.07) is 0. The molecule has 0 aliphatic carbocycles. The Bertz CT molecular complexity index is 538. The van der Waals surface area contributed by atoms with E-state index in [0.29, 0.717) is 26.1 Å². The molecule has 1 atom stereocenters. The zero-order chi connectivity index (χ0) is 14.0. The van der Waals surface area contributed by atoms with Crippen molar-refractivity contribution >= 4 is 10.0 Å². The molecule has 1 fully saturated rings. The van der Waals surface area contributed by atoms with Crippen LogP contribution in [0.5, 0.6) is 0 Å². The lowest BCUT2D eigenvalue weighted by molar-refractivity contribution is -0.00892. The van der Waals surface area contributed by atoms with Crippen molar-refractivity contribution in [3.8, 4) is 0 Å². The highest BCUT2D eigenvalue weighted by Crippen LogP contribution is 2.23. The van der Waals surface area contributed by atoms with E-state index in [-0.39, 0.29) is 11.9 Å². The van der Waals surface area contributed by atoms with Crippen molar-refractivity contribution in [1.82, 2.24) is 13.9 Å². The van der Waals surface area contributed by atoms with Crippen molar-refractivity contribution in [3.05, 3.63) is 17.7 Å². The second kappa shape index (κ2) is 5.60. The van der Waals surface area contributed by atoms with Gasteiger partial charge in [0.05, 0.1) is 18.1 Å². The average Bonchev–Trinajstić information content (AvgIpc) is 2.69. The summed E-state index contributed by atoms with van der Waals surface area (Å²) in [5, 5.41) is 0. The van der Waals surface area contributed by atoms with Crippen molar-refractivity contribution in [2.75, 3.05) is 25.4 Å². The molecule has 19 heavy (non-hydrogen) atoms. The third kappa shape index (κ3) is 3.16. The molecule has 1 aliphatic rings. The van der Waals surface area contributed by atoms with Crippen molar-refractivity contribution in [1.29, 1.82) is 0 Å². The number of rotatable bonds is 4. The monoisotopic (exact) mass is 287 g/mol. The van der Waals surface area contributed by atoms with Crippen molar-refractivity contribution in [2.45, 2.75) is 26.4 Å². The van der Waals surface area contributed by atoms with Crippen LogP contribution in [0.25, 0.3) is 0 Å². The number of ether oxygens (including phenoxy) is 1. The van der Waals surface area contributed by atoms with Crippen LogP contribution in [0.15, 0.2) is 6.20 Å². The molecule has 1 aliphatic heterocycles. The van der Waals surface area contributed by atoms with E-state index in [4.69, 9.17) is 4.74 Å². The molecule has 7 heteroatoms. The number of aromatic nitrogens is 2. The zero-order valence-corrected chi connectivity index (χ0v) is 12.5. The van der Waals surface area contributed by atoms with Gasteiger partial charge in [-0.05, 0) is 13.3 Å². The Morgan fingerprint density at radius 1 is 1.53 bits per heavy atom. The van der Waals surface area contributed by atoms with Crippen molar-refractivity contribution < 1.29 is 13.2 Å². The Labute approximate surface area is 114 Å². The second-order valence-electron chi connectivity index (χ2n) is 4.88. The molecule has 0 aromatic carbocycles. The molecule has 1 unspecified atom stereocenters. The van der Waals surface area contributed by atoms with Gasteiger partial charge < -0.3 is 9.30 Å². The first-order valence-electron chi connectivity index (χ1n) is 6.53. The summed E-state index contributed by atoms with van der Waals surface area (Å²) in [6.07, 6.45) is 2.27. The topological polar surface area (TPSA) is 64.4 Å². The molecule has 0 amide bonds. The fourth-order valence-electron chi connectivity index (χ4n) is 2.36. The Balaban J connectivity index is 2.16. The summed E-state index contributed by atoms with van der Waals surface area (Å²) in [5.74, 6) is 0.980. The molecule has 2 heterocycles. The van der Waals surface area contributed by atoms with E-state index < -0.39 is 10.0 Å². The van der Waals surface area contributed by atoms with Crippen molar-refractivity contribution in [2.24, 2.45) is 7.05 Å². The van der Waals surface area contributed by atoms with Gasteiger partial charge in [-0.1, -0.05) is 6.92 Å². The van der Waals surface area contributed by atoms with Gasteiger partial charge in [-0.15, -0.1) is 0 Å². The van der Waals surface area contributed by atoms with E-state index in [1.165, 1.54) is 4.31 Å². The molecule has 0 N–H and O–H groups in total. The Morgan fingerprint density at radius 3 is 2.84 bits per heavy atom. The molecule has 0 radical (unpaired) electrons. The molecule has 0 bridgehead atoms. The minimum atomic E-state index is -3.16. The van der Waals surface area contributed by atoms with Crippen LogP contribution in [-0.4, -0.2) is 47.7 Å². The van der Waals surface area contributed by atoms with Crippen LogP contribution in [0.4, 0.5) is 0 Å². The second-order valence-corrected chi connectivity index (χ2v) is 6.97. The van der Waals surface area contributed by atoms with E-state index in [0.717, 1.165) is 11.5 Å². The van der Waals surface area contributed by atoms with Gasteiger partial charge in [0.15, 0.2) is 0 Å². The highest BCUT2D eigenvalue weighted by Gasteiger charge is 2.31. The SMILES string of the molecule is CCCS(=O)(=O)N1CCOC(c2nc(C)cn2C)C1. The summed E-state index contributed by atoms with van der Waals surface area (Å²) < 4.78 is 33.3. The maximum absolute atomic E-state index is 12.1. The average molecular weight is 287 g/mol. The number of morpholine rings is 1. The number of hydrogen-bond acceptors (Lipinski definition) is 4. The molecular weight excluding hydrogens is 266 g/mol. The zero-order valence-electron chi connectivity index (χ0n) is 11.7. The van der Waals surface area contributed by atoms with E-state index in [9.17, 15) is 8.42 Å². The van der Waals surface area contributed by atoms with Gasteiger partial charge in [0.2, 0.25) is 10.0 Å². The number of hydrogen-bond donors (Lipinski definition) is 0. The van der Waals surface area contributed by atoms with Crippen LogP contribution < -0.4 is 0 Å². The molecule has 2 rings (SSSR count). The van der Waals surface area contributed by atoms with Gasteiger partial charge in [0, 0.05) is 26.3 Å². The fourth-order valence-corrected chi connectivity index (χ4v) is 3.84. The quantitative estimate of drug-likeness (QED) is 0.823. The smallest absolute Gasteiger partial charge is 0.214 e. The van der Waals surface area contributed by atoms with Crippen molar-refractivity contribution in [3.63, 3.8) is 0 Å². The Morgan fingerprint density at radius 2 is 2.26 bits per heavy atom. The predicted molar refractivity (Wildman–Crippen MR) is 72.3 cm³/mol. The highest BCUT2D eigenvalue weighted by molar-refractivity contribution is 7.89. The molecule has 108 valence electrons. The highest BCUT2D eigenvalue weighted by atomic mass is 32.2. The minimum Gasteiger partial charge on any atom is -0.368 e. The van der Waals surface area contributed by atoms with Crippen LogP contribution >= 0.6 is 0 Å². The summed E-state index contributed by atoms with van der Waals surface area (Å²) >= 11 is 0. The van der Waals surface area contributed by atoms with Gasteiger partial charge in [-0.25, -0.2) is 13.4 Å². The summed E-state index contributed by atoms with van der Waals surface area (Å²) in [7, 11) is -1.26. The number of aryl methyl sites for hydroxylation is 2. The Hall–Kier alpha value is -0.920. The lowest BCUT2D eigenvalue weighted by atomic mass is 10.3. The maximum atomic E-state index is 12.1. The summed E-state index contributed by atoms with van der Waals surface area (Å²) in [6.45, 7) is 4.99. The predicted octanol–water partition coefficient (Wildman–Crippen LogP) is 0.842. The molecule has 1 aromatic rings. The largest absolute Gasteiger partial charge is 0.368 e. The third-order valence-corrected chi connectivity index (χ3v) is 5.25. The standard InChI is InChI=1S/C12H21N3O3S/c1-4-7-19(16,17)15-5-6-18-11(9-15)12-13-10(2)8-14(12)3/h8,11H,4-7,9H2,1-3H3. The molecule has 0 spiro atoms. The van der Waals surface area contributed by atoms with Gasteiger partial charge in [0.25, 0.3) is 0 Å². The first-order chi connectivity index (χ1) is 8.94. The Kier molecular flexibility index (Phi) is 4.27. The molecule has 0 saturated carbocycles. The number of nitrogens with zero attached hydrogens (tertiary/aromatic N) is 3. The number of sulfonamides is 1. The first kappa shape index (κ1) is 14.5. The normalized spacial score (nSPS) is 21.7. The van der Waals surface area contributed by atoms with Crippen LogP contribution in [0, 0.1) is 6.92 Å². The lowest BCUT2D eigenvalue weighted by Crippen LogP contribution is -2.43. The number of imidazole rings is 1. The van der Waals surface area contributed by atoms with Crippen LogP contribution in [0.1, 0.15) is 31.0 Å². The van der Waals surface area contributed by atoms with E-state index in [2.05, 4.69) is 4.98 Å². The third-order valence-electron chi connectivity index (χ3n) is 3.21. The molecule has 6 nitrogen and oxygen atoms in total. The van der Waals surface area contributed by atoms with Gasteiger partial charge in [-0.2, -0.15) is 4.31 Å². The van der Waals surface area contributed by atoms with Gasteiger partial charge in [0.1, 0.15) is 11.9 Å². The molecule has 1 saturated heterocycles. The summed E-state index contributed by atoms with van der Waals surface area (Å²) in [5.41, 5.74) is 0.912. The minimum absolute atomic E-state index is 0.194.